The first-order valence-corrected chi connectivity index (χ1v) is 12.3. The fourth-order valence-electron chi connectivity index (χ4n) is 3.53. The molecule has 0 fully saturated rings. The summed E-state index contributed by atoms with van der Waals surface area (Å²) in [5, 5.41) is 35.1. The van der Waals surface area contributed by atoms with Gasteiger partial charge in [-0.2, -0.15) is 0 Å². The van der Waals surface area contributed by atoms with Crippen molar-refractivity contribution in [2.24, 2.45) is 20.0 Å². The van der Waals surface area contributed by atoms with Crippen molar-refractivity contribution >= 4 is 47.5 Å². The van der Waals surface area contributed by atoms with Gasteiger partial charge in [-0.3, -0.25) is 0 Å². The molecule has 18 heteroatoms. The van der Waals surface area contributed by atoms with E-state index in [4.69, 9.17) is 20.4 Å². The van der Waals surface area contributed by atoms with E-state index in [1.54, 1.807) is 0 Å². The second-order valence-electron chi connectivity index (χ2n) is 8.49. The van der Waals surface area contributed by atoms with Crippen LogP contribution in [0.25, 0.3) is 0 Å². The molecule has 4 rings (SSSR count). The monoisotopic (exact) mass is 778 g/mol. The van der Waals surface area contributed by atoms with E-state index in [-0.39, 0.29) is 86.4 Å². The third-order valence-corrected chi connectivity index (χ3v) is 5.68. The van der Waals surface area contributed by atoms with Crippen LogP contribution in [-0.4, -0.2) is 121 Å². The normalized spacial score (nSPS) is 23.0. The van der Waals surface area contributed by atoms with Gasteiger partial charge in [0.15, 0.2) is 47.8 Å². The molecule has 4 aliphatic rings. The van der Waals surface area contributed by atoms with Crippen molar-refractivity contribution in [3.05, 3.63) is 0 Å². The van der Waals surface area contributed by atoms with E-state index in [9.17, 15) is 19.2 Å². The summed E-state index contributed by atoms with van der Waals surface area (Å²) in [5.74, 6) is -1.28. The van der Waals surface area contributed by atoms with E-state index in [1.807, 2.05) is 0 Å². The first-order chi connectivity index (χ1) is 18.9. The average molecular weight is 778 g/mol. The molecule has 0 aliphatic carbocycles. The molecule has 0 aromatic heterocycles. The Hall–Kier alpha value is -2.99. The molecule has 4 N–H and O–H groups in total. The number of carbonyl (C=O) groups is 4. The zero-order valence-electron chi connectivity index (χ0n) is 23.5. The minimum absolute atomic E-state index is 0. The van der Waals surface area contributed by atoms with Crippen molar-refractivity contribution < 1.29 is 97.5 Å². The molecule has 242 valence electrons. The Morgan fingerprint density at radius 1 is 0.476 bits per heavy atom. The minimum Gasteiger partial charge on any atom is -0.497 e. The predicted molar refractivity (Wildman–Crippen MR) is 140 cm³/mol. The van der Waals surface area contributed by atoms with Gasteiger partial charge >= 0.3 is 23.9 Å². The number of aliphatic imine (C=N–C) groups is 4. The second kappa shape index (κ2) is 21.7. The molecule has 4 atom stereocenters. The number of ether oxygens (including phenoxy) is 4. The summed E-state index contributed by atoms with van der Waals surface area (Å²) < 4.78 is 17.7. The third-order valence-electron chi connectivity index (χ3n) is 5.68. The van der Waals surface area contributed by atoms with Crippen molar-refractivity contribution in [1.82, 2.24) is 0 Å². The molecule has 4 heterocycles. The predicted octanol–water partition coefficient (Wildman–Crippen LogP) is 1.11. The topological polar surface area (TPSA) is 236 Å². The molecule has 0 amide bonds. The summed E-state index contributed by atoms with van der Waals surface area (Å²) in [5.41, 5.74) is 0. The van der Waals surface area contributed by atoms with Crippen LogP contribution in [0.3, 0.4) is 0 Å². The van der Waals surface area contributed by atoms with Crippen molar-refractivity contribution in [3.8, 4) is 0 Å². The number of hydrogen-bond acceptors (Lipinski definition) is 12. The van der Waals surface area contributed by atoms with Crippen LogP contribution in [0, 0.1) is 0 Å². The van der Waals surface area contributed by atoms with E-state index in [2.05, 4.69) is 38.9 Å². The van der Waals surface area contributed by atoms with Gasteiger partial charge < -0.3 is 39.4 Å². The molecule has 42 heavy (non-hydrogen) atoms. The zero-order valence-corrected chi connectivity index (χ0v) is 26.8. The molecule has 0 saturated carbocycles. The fourth-order valence-corrected chi connectivity index (χ4v) is 3.53. The Kier molecular flexibility index (Phi) is 21.2. The Bertz CT molecular complexity index is 875. The zero-order chi connectivity index (χ0) is 30.2. The molecule has 4 aliphatic heterocycles. The molecule has 2 radical (unpaired) electrons. The average Bonchev–Trinajstić information content (AvgIpc) is 3.77. The quantitative estimate of drug-likeness (QED) is 0.179. The number of aliphatic hydroxyl groups is 4. The first kappa shape index (κ1) is 41.1. The molecule has 0 unspecified atom stereocenters. The van der Waals surface area contributed by atoms with Gasteiger partial charge in [0.25, 0.3) is 0 Å². The number of carbonyl (C=O) groups excluding carboxylic acids is 4. The van der Waals surface area contributed by atoms with Gasteiger partial charge in [-0.1, -0.05) is 0 Å². The summed E-state index contributed by atoms with van der Waals surface area (Å²) in [4.78, 5) is 57.5. The van der Waals surface area contributed by atoms with E-state index in [0.717, 1.165) is 0 Å². The van der Waals surface area contributed by atoms with Gasteiger partial charge in [0.1, 0.15) is 0 Å². The van der Waals surface area contributed by atoms with E-state index in [0.29, 0.717) is 51.4 Å². The maximum absolute atomic E-state index is 10.7. The molecular weight excluding hydrogens is 742 g/mol. The first-order valence-electron chi connectivity index (χ1n) is 12.3. The second-order valence-corrected chi connectivity index (χ2v) is 8.49. The van der Waals surface area contributed by atoms with Gasteiger partial charge in [-0.15, -0.1) is 0 Å². The van der Waals surface area contributed by atoms with Crippen LogP contribution < -0.4 is 0 Å². The fraction of sp³-hybridized carbons (Fsp3) is 0.667. The number of aliphatic hydroxyl groups excluding tert-OH is 4. The van der Waals surface area contributed by atoms with Crippen LogP contribution in [-0.2, 0) is 77.1 Å². The number of nitrogens with zero attached hydrogens (tertiary/aromatic N) is 4. The van der Waals surface area contributed by atoms with Gasteiger partial charge in [0.05, 0.1) is 28.4 Å². The van der Waals surface area contributed by atoms with Crippen LogP contribution in [0.5, 0.6) is 0 Å². The van der Waals surface area contributed by atoms with Crippen LogP contribution in [0.4, 0.5) is 0 Å². The van der Waals surface area contributed by atoms with E-state index < -0.39 is 24.2 Å². The molecule has 0 aromatic rings. The minimum atomic E-state index is -0.468. The Morgan fingerprint density at radius 2 is 0.643 bits per heavy atom. The number of rotatable bonds is 4. The molecule has 0 bridgehead atoms. The molecular formula is C24H36N4O12Rh2. The largest absolute Gasteiger partial charge is 0.497 e. The molecule has 0 spiro atoms. The van der Waals surface area contributed by atoms with Crippen molar-refractivity contribution in [2.75, 3.05) is 28.4 Å². The molecule has 0 saturated heterocycles. The number of hydrogen-bond donors (Lipinski definition) is 4. The molecule has 16 nitrogen and oxygen atoms in total. The van der Waals surface area contributed by atoms with Gasteiger partial charge in [0, 0.05) is 64.6 Å². The third kappa shape index (κ3) is 14.8. The smallest absolute Gasteiger partial charge is 0.330 e. The van der Waals surface area contributed by atoms with Crippen LogP contribution >= 0.6 is 0 Å². The summed E-state index contributed by atoms with van der Waals surface area (Å²) in [6, 6.07) is -1.87. The Morgan fingerprint density at radius 3 is 0.738 bits per heavy atom. The Labute approximate surface area is 268 Å². The van der Waals surface area contributed by atoms with Crippen molar-refractivity contribution in [3.63, 3.8) is 0 Å². The van der Waals surface area contributed by atoms with E-state index >= 15 is 0 Å². The standard InChI is InChI=1S/4C6H9NO3.2Rh/c4*1-10-6(9)4-2-3-5(8)7-4;;/h4*4H,2-3H2,1H3,(H,7,8);;/t4*4-;;/m0000../s1. The maximum atomic E-state index is 10.7. The summed E-state index contributed by atoms with van der Waals surface area (Å²) in [6.45, 7) is 0. The summed E-state index contributed by atoms with van der Waals surface area (Å²) in [7, 11) is 5.25. The van der Waals surface area contributed by atoms with Crippen LogP contribution in [0.15, 0.2) is 20.0 Å². The van der Waals surface area contributed by atoms with Crippen molar-refractivity contribution in [2.45, 2.75) is 75.5 Å². The number of methoxy groups -OCH3 is 4. The van der Waals surface area contributed by atoms with Crippen molar-refractivity contribution in [1.29, 1.82) is 0 Å². The van der Waals surface area contributed by atoms with Crippen LogP contribution in [0.2, 0.25) is 0 Å². The Balaban J connectivity index is 0. The van der Waals surface area contributed by atoms with Gasteiger partial charge in [0.2, 0.25) is 0 Å². The van der Waals surface area contributed by atoms with Gasteiger partial charge in [-0.05, 0) is 25.7 Å². The van der Waals surface area contributed by atoms with Crippen LogP contribution in [0.1, 0.15) is 51.4 Å². The maximum Gasteiger partial charge on any atom is 0.330 e. The summed E-state index contributed by atoms with van der Waals surface area (Å²) in [6.07, 6.45) is 4.22. The summed E-state index contributed by atoms with van der Waals surface area (Å²) >= 11 is 0. The van der Waals surface area contributed by atoms with E-state index in [1.165, 1.54) is 28.4 Å². The SMILES string of the molecule is COC(=O)[C@@H]1CCC(O)=N1.COC(=O)[C@@H]1CCC(O)=N1.COC(=O)[C@@H]1CCC(O)=N1.COC(=O)[C@@H]1CCC(O)=N1.[Rh].[Rh]. The number of esters is 4. The molecule has 0 aromatic carbocycles. The van der Waals surface area contributed by atoms with Gasteiger partial charge in [-0.25, -0.2) is 39.1 Å².